The molecule has 0 N–H and O–H groups in total. The van der Waals surface area contributed by atoms with Crippen molar-refractivity contribution < 1.29 is 0 Å². The van der Waals surface area contributed by atoms with E-state index in [1.165, 1.54) is 81.4 Å². The fraction of sp³-hybridized carbons (Fsp3) is 0.0185. The van der Waals surface area contributed by atoms with Gasteiger partial charge >= 0.3 is 0 Å². The highest BCUT2D eigenvalue weighted by molar-refractivity contribution is 7.20. The lowest BCUT2D eigenvalue weighted by atomic mass is 9.73. The number of rotatable bonds is 4. The van der Waals surface area contributed by atoms with Crippen molar-refractivity contribution in [1.29, 1.82) is 0 Å². The third-order valence-electron chi connectivity index (χ3n) is 12.1. The molecule has 0 saturated carbocycles. The van der Waals surface area contributed by atoms with E-state index in [0.29, 0.717) is 0 Å². The Kier molecular flexibility index (Phi) is 6.78. The van der Waals surface area contributed by atoms with E-state index >= 15 is 0 Å². The fourth-order valence-corrected chi connectivity index (χ4v) is 11.2. The molecule has 0 aliphatic heterocycles. The van der Waals surface area contributed by atoms with Crippen molar-refractivity contribution in [1.82, 2.24) is 4.98 Å². The van der Waals surface area contributed by atoms with E-state index in [9.17, 15) is 0 Å². The van der Waals surface area contributed by atoms with Gasteiger partial charge in [0.05, 0.1) is 16.8 Å². The van der Waals surface area contributed by atoms with Crippen LogP contribution in [0.15, 0.2) is 200 Å². The molecule has 12 rings (SSSR count). The Morgan fingerprint density at radius 1 is 0.357 bits per heavy atom. The number of thiophene rings is 1. The molecular weight excluding hydrogens is 695 g/mol. The van der Waals surface area contributed by atoms with Crippen LogP contribution in [-0.4, -0.2) is 4.98 Å². The summed E-state index contributed by atoms with van der Waals surface area (Å²) in [4.78, 5) is 6.69. The van der Waals surface area contributed by atoms with Gasteiger partial charge in [-0.05, 0) is 84.6 Å². The van der Waals surface area contributed by atoms with Crippen LogP contribution in [0.3, 0.4) is 0 Å². The largest absolute Gasteiger partial charge is 0.248 e. The van der Waals surface area contributed by atoms with E-state index in [4.69, 9.17) is 4.98 Å². The maximum atomic E-state index is 5.26. The van der Waals surface area contributed by atoms with Gasteiger partial charge < -0.3 is 0 Å². The highest BCUT2D eigenvalue weighted by Crippen LogP contribution is 2.67. The van der Waals surface area contributed by atoms with Gasteiger partial charge in [0.25, 0.3) is 0 Å². The van der Waals surface area contributed by atoms with Crippen molar-refractivity contribution in [3.63, 3.8) is 0 Å². The van der Waals surface area contributed by atoms with Gasteiger partial charge in [-0.25, -0.2) is 4.98 Å². The average molecular weight is 728 g/mol. The van der Waals surface area contributed by atoms with E-state index in [0.717, 1.165) is 28.1 Å². The number of aromatic nitrogens is 1. The topological polar surface area (TPSA) is 12.9 Å². The molecule has 0 bridgehead atoms. The summed E-state index contributed by atoms with van der Waals surface area (Å²) in [5.74, 6) is 0. The van der Waals surface area contributed by atoms with Crippen LogP contribution >= 0.6 is 11.3 Å². The Morgan fingerprint density at radius 2 is 0.929 bits per heavy atom. The summed E-state index contributed by atoms with van der Waals surface area (Å²) >= 11 is 1.96. The van der Waals surface area contributed by atoms with Crippen LogP contribution in [0.1, 0.15) is 21.6 Å². The van der Waals surface area contributed by atoms with Crippen molar-refractivity contribution in [2.24, 2.45) is 0 Å². The summed E-state index contributed by atoms with van der Waals surface area (Å²) in [6.45, 7) is 0. The Balaban J connectivity index is 1.05. The third kappa shape index (κ3) is 4.39. The number of hydrogen-bond donors (Lipinski definition) is 0. The summed E-state index contributed by atoms with van der Waals surface area (Å²) in [6, 6.07) is 73.5. The maximum Gasteiger partial charge on any atom is 0.0819 e. The van der Waals surface area contributed by atoms with E-state index in [1.807, 2.05) is 11.3 Å². The van der Waals surface area contributed by atoms with Crippen molar-refractivity contribution in [3.8, 4) is 67.0 Å². The zero-order chi connectivity index (χ0) is 36.8. The maximum absolute atomic E-state index is 5.26. The monoisotopic (exact) mass is 727 g/mol. The van der Waals surface area contributed by atoms with Gasteiger partial charge in [-0.2, -0.15) is 0 Å². The molecule has 2 heteroatoms. The van der Waals surface area contributed by atoms with Gasteiger partial charge in [0, 0.05) is 31.7 Å². The van der Waals surface area contributed by atoms with Gasteiger partial charge in [-0.1, -0.05) is 182 Å². The van der Waals surface area contributed by atoms with Gasteiger partial charge in [0.2, 0.25) is 0 Å². The standard InChI is InChI=1S/C54H33NS/c1-2-15-37(16-3-1)48-32-38(33-49(55-48)43-23-12-17-35-14-4-5-18-39(35)43)34-28-30-36(31-29-34)40-22-13-26-47-51(40)52-44-21-8-11-27-50(44)56-53(52)54(47)45-24-9-6-19-41(45)42-20-7-10-25-46(42)54/h1-33H. The third-order valence-corrected chi connectivity index (χ3v) is 13.4. The lowest BCUT2D eigenvalue weighted by molar-refractivity contribution is 0.812. The van der Waals surface area contributed by atoms with Crippen LogP contribution < -0.4 is 0 Å². The minimum absolute atomic E-state index is 0.361. The second kappa shape index (κ2) is 12.1. The first kappa shape index (κ1) is 31.5. The number of hydrogen-bond acceptors (Lipinski definition) is 2. The second-order valence-electron chi connectivity index (χ2n) is 15.0. The number of benzene rings is 8. The molecule has 260 valence electrons. The summed E-state index contributed by atoms with van der Waals surface area (Å²) in [5.41, 5.74) is 18.2. The molecule has 0 atom stereocenters. The minimum Gasteiger partial charge on any atom is -0.248 e. The molecule has 0 fully saturated rings. The number of pyridine rings is 1. The molecule has 1 spiro atoms. The van der Waals surface area contributed by atoms with E-state index in [1.54, 1.807) is 0 Å². The Hall–Kier alpha value is -6.87. The molecule has 8 aromatic carbocycles. The van der Waals surface area contributed by atoms with Gasteiger partial charge in [-0.15, -0.1) is 11.3 Å². The molecule has 2 aromatic heterocycles. The predicted octanol–water partition coefficient (Wildman–Crippen LogP) is 14.5. The normalized spacial score (nSPS) is 13.1. The lowest BCUT2D eigenvalue weighted by Gasteiger charge is -2.29. The van der Waals surface area contributed by atoms with Crippen molar-refractivity contribution in [2.45, 2.75) is 5.41 Å². The van der Waals surface area contributed by atoms with Crippen LogP contribution in [0, 0.1) is 0 Å². The average Bonchev–Trinajstić information content (AvgIpc) is 3.90. The van der Waals surface area contributed by atoms with Crippen molar-refractivity contribution >= 4 is 32.2 Å². The van der Waals surface area contributed by atoms with E-state index in [2.05, 4.69) is 200 Å². The van der Waals surface area contributed by atoms with Crippen LogP contribution in [0.2, 0.25) is 0 Å². The summed E-state index contributed by atoms with van der Waals surface area (Å²) in [6.07, 6.45) is 0. The molecule has 56 heavy (non-hydrogen) atoms. The first-order chi connectivity index (χ1) is 27.8. The molecule has 2 heterocycles. The highest BCUT2D eigenvalue weighted by Gasteiger charge is 2.53. The molecule has 0 radical (unpaired) electrons. The molecule has 1 nitrogen and oxygen atoms in total. The molecule has 0 saturated heterocycles. The van der Waals surface area contributed by atoms with E-state index < -0.39 is 0 Å². The summed E-state index contributed by atoms with van der Waals surface area (Å²) in [5, 5.41) is 3.76. The van der Waals surface area contributed by atoms with Crippen LogP contribution in [0.4, 0.5) is 0 Å². The molecule has 2 aliphatic rings. The SMILES string of the molecule is c1ccc(-c2cc(-c3ccc(-c4cccc5c4-c4c(sc6ccccc46)C54c5ccccc5-c5ccccc54)cc3)cc(-c3cccc4ccccc34)n2)cc1. The second-order valence-corrected chi connectivity index (χ2v) is 16.0. The predicted molar refractivity (Wildman–Crippen MR) is 235 cm³/mol. The quantitative estimate of drug-likeness (QED) is 0.176. The Bertz CT molecular complexity index is 3140. The van der Waals surface area contributed by atoms with Crippen LogP contribution in [0.25, 0.3) is 87.9 Å². The fourth-order valence-electron chi connectivity index (χ4n) is 9.71. The van der Waals surface area contributed by atoms with Crippen molar-refractivity contribution in [2.75, 3.05) is 0 Å². The summed E-state index contributed by atoms with van der Waals surface area (Å²) in [7, 11) is 0. The van der Waals surface area contributed by atoms with Crippen LogP contribution in [-0.2, 0) is 5.41 Å². The Labute approximate surface area is 329 Å². The van der Waals surface area contributed by atoms with Gasteiger partial charge in [0.1, 0.15) is 0 Å². The zero-order valence-corrected chi connectivity index (χ0v) is 31.2. The smallest absolute Gasteiger partial charge is 0.0819 e. The highest BCUT2D eigenvalue weighted by atomic mass is 32.1. The number of nitrogens with zero attached hydrogens (tertiary/aromatic N) is 1. The van der Waals surface area contributed by atoms with Crippen molar-refractivity contribution in [3.05, 3.63) is 222 Å². The first-order valence-corrected chi connectivity index (χ1v) is 20.1. The first-order valence-electron chi connectivity index (χ1n) is 19.3. The Morgan fingerprint density at radius 3 is 1.73 bits per heavy atom. The van der Waals surface area contributed by atoms with Gasteiger partial charge in [-0.3, -0.25) is 0 Å². The minimum atomic E-state index is -0.361. The lowest BCUT2D eigenvalue weighted by Crippen LogP contribution is -2.24. The molecular formula is C54H33NS. The molecule has 10 aromatic rings. The molecule has 0 unspecified atom stereocenters. The van der Waals surface area contributed by atoms with Crippen LogP contribution in [0.5, 0.6) is 0 Å². The van der Waals surface area contributed by atoms with E-state index in [-0.39, 0.29) is 5.41 Å². The molecule has 0 amide bonds. The summed E-state index contributed by atoms with van der Waals surface area (Å²) < 4.78 is 1.34. The number of fused-ring (bicyclic) bond motifs is 13. The zero-order valence-electron chi connectivity index (χ0n) is 30.4. The van der Waals surface area contributed by atoms with Gasteiger partial charge in [0.15, 0.2) is 0 Å². The molecule has 2 aliphatic carbocycles.